The molecule has 2 N–H and O–H groups in total. The van der Waals surface area contributed by atoms with Crippen molar-refractivity contribution >= 4 is 22.8 Å². The van der Waals surface area contributed by atoms with E-state index in [1.165, 1.54) is 18.6 Å². The molecule has 3 unspecified atom stereocenters. The minimum Gasteiger partial charge on any atom is -0.341 e. The zero-order valence-corrected chi connectivity index (χ0v) is 12.3. The van der Waals surface area contributed by atoms with Gasteiger partial charge in [0.1, 0.15) is 5.82 Å². The largest absolute Gasteiger partial charge is 0.341 e. The number of hydrogen-bond donors (Lipinski definition) is 2. The van der Waals surface area contributed by atoms with Gasteiger partial charge in [-0.3, -0.25) is 0 Å². The molecule has 3 nitrogen and oxygen atoms in total. The summed E-state index contributed by atoms with van der Waals surface area (Å²) in [5.74, 6) is 2.35. The van der Waals surface area contributed by atoms with Crippen molar-refractivity contribution in [2.45, 2.75) is 44.0 Å². The predicted molar refractivity (Wildman–Crippen MR) is 82.6 cm³/mol. The summed E-state index contributed by atoms with van der Waals surface area (Å²) in [5.41, 5.74) is 2.18. The number of para-hydroxylation sites is 2. The van der Waals surface area contributed by atoms with Gasteiger partial charge in [-0.2, -0.15) is 11.8 Å². The monoisotopic (exact) mass is 275 g/mol. The molecule has 1 aromatic carbocycles. The minimum atomic E-state index is 0.276. The van der Waals surface area contributed by atoms with Gasteiger partial charge in [0.25, 0.3) is 0 Å². The van der Waals surface area contributed by atoms with Crippen LogP contribution in [0.15, 0.2) is 24.3 Å². The Kier molecular flexibility index (Phi) is 3.80. The molecule has 102 valence electrons. The van der Waals surface area contributed by atoms with Gasteiger partial charge in [-0.15, -0.1) is 0 Å². The molecule has 2 aromatic rings. The number of aromatic amines is 1. The fourth-order valence-corrected chi connectivity index (χ4v) is 3.87. The summed E-state index contributed by atoms with van der Waals surface area (Å²) < 4.78 is 0. The van der Waals surface area contributed by atoms with E-state index in [1.807, 2.05) is 12.1 Å². The summed E-state index contributed by atoms with van der Waals surface area (Å²) in [6, 6.07) is 9.09. The lowest BCUT2D eigenvalue weighted by atomic mass is 10.1. The minimum absolute atomic E-state index is 0.276. The SMILES string of the molecule is CC(NC1CCCSC1C)c1nc2ccccc2[nH]1. The summed E-state index contributed by atoms with van der Waals surface area (Å²) in [7, 11) is 0. The maximum absolute atomic E-state index is 4.68. The van der Waals surface area contributed by atoms with E-state index in [-0.39, 0.29) is 6.04 Å². The van der Waals surface area contributed by atoms with Gasteiger partial charge in [0.2, 0.25) is 0 Å². The van der Waals surface area contributed by atoms with Crippen LogP contribution in [0, 0.1) is 0 Å². The average Bonchev–Trinajstić information content (AvgIpc) is 2.85. The van der Waals surface area contributed by atoms with Crippen LogP contribution in [-0.2, 0) is 0 Å². The quantitative estimate of drug-likeness (QED) is 0.901. The van der Waals surface area contributed by atoms with E-state index in [2.05, 4.69) is 53.0 Å². The highest BCUT2D eigenvalue weighted by Crippen LogP contribution is 2.27. The van der Waals surface area contributed by atoms with Crippen LogP contribution in [0.25, 0.3) is 11.0 Å². The second-order valence-electron chi connectivity index (χ2n) is 5.35. The van der Waals surface area contributed by atoms with Crippen molar-refractivity contribution in [2.24, 2.45) is 0 Å². The van der Waals surface area contributed by atoms with Gasteiger partial charge in [-0.05, 0) is 37.7 Å². The fraction of sp³-hybridized carbons (Fsp3) is 0.533. The Morgan fingerprint density at radius 2 is 2.26 bits per heavy atom. The first-order valence-corrected chi connectivity index (χ1v) is 8.11. The van der Waals surface area contributed by atoms with Gasteiger partial charge in [0, 0.05) is 11.3 Å². The van der Waals surface area contributed by atoms with Crippen LogP contribution in [0.1, 0.15) is 38.6 Å². The number of nitrogens with one attached hydrogen (secondary N) is 2. The van der Waals surface area contributed by atoms with Crippen LogP contribution < -0.4 is 5.32 Å². The lowest BCUT2D eigenvalue weighted by Gasteiger charge is -2.31. The van der Waals surface area contributed by atoms with E-state index in [0.29, 0.717) is 11.3 Å². The van der Waals surface area contributed by atoms with Crippen LogP contribution in [0.4, 0.5) is 0 Å². The maximum Gasteiger partial charge on any atom is 0.124 e. The summed E-state index contributed by atoms with van der Waals surface area (Å²) >= 11 is 2.08. The molecule has 4 heteroatoms. The molecule has 0 bridgehead atoms. The van der Waals surface area contributed by atoms with E-state index in [0.717, 1.165) is 16.9 Å². The number of aromatic nitrogens is 2. The average molecular weight is 275 g/mol. The van der Waals surface area contributed by atoms with Crippen molar-refractivity contribution in [3.63, 3.8) is 0 Å². The van der Waals surface area contributed by atoms with Crippen LogP contribution in [0.3, 0.4) is 0 Å². The normalized spacial score (nSPS) is 25.6. The Morgan fingerprint density at radius 1 is 1.42 bits per heavy atom. The maximum atomic E-state index is 4.68. The first kappa shape index (κ1) is 13.0. The molecule has 1 aliphatic heterocycles. The number of hydrogen-bond acceptors (Lipinski definition) is 3. The molecule has 3 atom stereocenters. The van der Waals surface area contributed by atoms with Gasteiger partial charge in [-0.1, -0.05) is 19.1 Å². The van der Waals surface area contributed by atoms with Crippen LogP contribution in [-0.4, -0.2) is 27.0 Å². The number of H-pyrrole nitrogens is 1. The van der Waals surface area contributed by atoms with E-state index in [4.69, 9.17) is 0 Å². The first-order valence-electron chi connectivity index (χ1n) is 7.06. The summed E-state index contributed by atoms with van der Waals surface area (Å²) in [6.45, 7) is 4.52. The second-order valence-corrected chi connectivity index (χ2v) is 6.84. The molecule has 1 saturated heterocycles. The molecule has 1 fully saturated rings. The van der Waals surface area contributed by atoms with Crippen molar-refractivity contribution in [2.75, 3.05) is 5.75 Å². The Hall–Kier alpha value is -1.00. The van der Waals surface area contributed by atoms with Crippen LogP contribution in [0.5, 0.6) is 0 Å². The zero-order valence-electron chi connectivity index (χ0n) is 11.5. The van der Waals surface area contributed by atoms with Gasteiger partial charge < -0.3 is 10.3 Å². The molecular formula is C15H21N3S. The molecule has 1 aromatic heterocycles. The van der Waals surface area contributed by atoms with Crippen molar-refractivity contribution in [3.05, 3.63) is 30.1 Å². The molecule has 1 aliphatic rings. The number of rotatable bonds is 3. The molecule has 0 amide bonds. The van der Waals surface area contributed by atoms with Crippen LogP contribution >= 0.6 is 11.8 Å². The highest BCUT2D eigenvalue weighted by atomic mass is 32.2. The Balaban J connectivity index is 1.74. The van der Waals surface area contributed by atoms with Gasteiger partial charge in [0.15, 0.2) is 0 Å². The Labute approximate surface area is 118 Å². The molecule has 3 rings (SSSR count). The van der Waals surface area contributed by atoms with Gasteiger partial charge >= 0.3 is 0 Å². The molecule has 2 heterocycles. The number of imidazole rings is 1. The van der Waals surface area contributed by atoms with E-state index >= 15 is 0 Å². The second kappa shape index (κ2) is 5.55. The topological polar surface area (TPSA) is 40.7 Å². The number of benzene rings is 1. The fourth-order valence-electron chi connectivity index (χ4n) is 2.72. The third kappa shape index (κ3) is 2.79. The van der Waals surface area contributed by atoms with Crippen molar-refractivity contribution < 1.29 is 0 Å². The molecule has 0 radical (unpaired) electrons. The molecule has 0 saturated carbocycles. The lowest BCUT2D eigenvalue weighted by molar-refractivity contribution is 0.409. The summed E-state index contributed by atoms with van der Waals surface area (Å²) in [6.07, 6.45) is 2.60. The van der Waals surface area contributed by atoms with Gasteiger partial charge in [-0.25, -0.2) is 4.98 Å². The molecular weight excluding hydrogens is 254 g/mol. The Morgan fingerprint density at radius 3 is 3.05 bits per heavy atom. The highest BCUT2D eigenvalue weighted by molar-refractivity contribution is 7.99. The summed E-state index contributed by atoms with van der Waals surface area (Å²) in [5, 5.41) is 4.43. The smallest absolute Gasteiger partial charge is 0.124 e. The molecule has 0 aliphatic carbocycles. The highest BCUT2D eigenvalue weighted by Gasteiger charge is 2.24. The molecule has 19 heavy (non-hydrogen) atoms. The third-order valence-corrected chi connectivity index (χ3v) is 5.27. The number of nitrogens with zero attached hydrogens (tertiary/aromatic N) is 1. The standard InChI is InChI=1S/C15H21N3S/c1-10(16-12-8-5-9-19-11(12)2)15-17-13-6-3-4-7-14(13)18-15/h3-4,6-7,10-12,16H,5,8-9H2,1-2H3,(H,17,18). The lowest BCUT2D eigenvalue weighted by Crippen LogP contribution is -2.40. The van der Waals surface area contributed by atoms with E-state index < -0.39 is 0 Å². The number of fused-ring (bicyclic) bond motifs is 1. The van der Waals surface area contributed by atoms with Crippen molar-refractivity contribution in [1.82, 2.24) is 15.3 Å². The van der Waals surface area contributed by atoms with Crippen molar-refractivity contribution in [3.8, 4) is 0 Å². The van der Waals surface area contributed by atoms with Gasteiger partial charge in [0.05, 0.1) is 17.1 Å². The summed E-state index contributed by atoms with van der Waals surface area (Å²) in [4.78, 5) is 8.10. The predicted octanol–water partition coefficient (Wildman–Crippen LogP) is 3.50. The van der Waals surface area contributed by atoms with Crippen molar-refractivity contribution in [1.29, 1.82) is 0 Å². The van der Waals surface area contributed by atoms with E-state index in [9.17, 15) is 0 Å². The molecule has 0 spiro atoms. The number of thioether (sulfide) groups is 1. The Bertz CT molecular complexity index is 518. The van der Waals surface area contributed by atoms with Crippen LogP contribution in [0.2, 0.25) is 0 Å². The first-order chi connectivity index (χ1) is 9.24. The third-order valence-electron chi connectivity index (χ3n) is 3.89. The van der Waals surface area contributed by atoms with E-state index in [1.54, 1.807) is 0 Å². The zero-order chi connectivity index (χ0) is 13.2.